The van der Waals surface area contributed by atoms with Crippen LogP contribution in [0.5, 0.6) is 0 Å². The summed E-state index contributed by atoms with van der Waals surface area (Å²) in [5.41, 5.74) is 8.72. The van der Waals surface area contributed by atoms with E-state index < -0.39 is 0 Å². The molecule has 1 aromatic carbocycles. The van der Waals surface area contributed by atoms with Gasteiger partial charge in [0.05, 0.1) is 6.10 Å². The van der Waals surface area contributed by atoms with Gasteiger partial charge in [0.1, 0.15) is 0 Å². The summed E-state index contributed by atoms with van der Waals surface area (Å²) in [5, 5.41) is 0. The van der Waals surface area contributed by atoms with Crippen molar-refractivity contribution in [3.63, 3.8) is 0 Å². The molecule has 2 atom stereocenters. The van der Waals surface area contributed by atoms with Gasteiger partial charge < -0.3 is 10.5 Å². The van der Waals surface area contributed by atoms with Crippen LogP contribution in [-0.4, -0.2) is 37.7 Å². The van der Waals surface area contributed by atoms with Gasteiger partial charge in [-0.2, -0.15) is 0 Å². The molecule has 2 rings (SSSR count). The lowest BCUT2D eigenvalue weighted by Crippen LogP contribution is -2.43. The summed E-state index contributed by atoms with van der Waals surface area (Å²) in [5.74, 6) is 0. The monoisotopic (exact) mass is 262 g/mol. The van der Waals surface area contributed by atoms with Gasteiger partial charge in [0.25, 0.3) is 0 Å². The summed E-state index contributed by atoms with van der Waals surface area (Å²) in [6.07, 6.45) is 3.81. The second-order valence-corrected chi connectivity index (χ2v) is 5.34. The number of nitrogens with two attached hydrogens (primary N) is 1. The predicted molar refractivity (Wildman–Crippen MR) is 79.2 cm³/mol. The Labute approximate surface area is 116 Å². The number of ether oxygens (including phenoxy) is 1. The first kappa shape index (κ1) is 14.5. The second-order valence-electron chi connectivity index (χ2n) is 5.34. The number of likely N-dealkylation sites (tertiary alicyclic amines) is 1. The first-order chi connectivity index (χ1) is 9.28. The first-order valence-corrected chi connectivity index (χ1v) is 7.34. The molecule has 0 aliphatic carbocycles. The normalized spacial score (nSPS) is 22.4. The molecule has 1 aromatic rings. The molecule has 2 unspecified atom stereocenters. The maximum atomic E-state index is 6.01. The van der Waals surface area contributed by atoms with Crippen LogP contribution in [0.3, 0.4) is 0 Å². The van der Waals surface area contributed by atoms with Gasteiger partial charge >= 0.3 is 0 Å². The van der Waals surface area contributed by atoms with Crippen molar-refractivity contribution in [2.45, 2.75) is 38.3 Å². The van der Waals surface area contributed by atoms with Crippen LogP contribution in [0.1, 0.15) is 36.9 Å². The Balaban J connectivity index is 2.09. The van der Waals surface area contributed by atoms with Crippen LogP contribution in [0.2, 0.25) is 0 Å². The topological polar surface area (TPSA) is 38.5 Å². The third-order valence-electron chi connectivity index (χ3n) is 4.18. The molecular weight excluding hydrogens is 236 g/mol. The van der Waals surface area contributed by atoms with E-state index in [1.807, 2.05) is 7.11 Å². The number of hydrogen-bond acceptors (Lipinski definition) is 3. The maximum absolute atomic E-state index is 6.01. The third-order valence-corrected chi connectivity index (χ3v) is 4.18. The number of hydrogen-bond donors (Lipinski definition) is 1. The summed E-state index contributed by atoms with van der Waals surface area (Å²) in [4.78, 5) is 2.47. The molecule has 0 radical (unpaired) electrons. The smallest absolute Gasteiger partial charge is 0.0698 e. The molecule has 3 heteroatoms. The van der Waals surface area contributed by atoms with Crippen molar-refractivity contribution in [2.75, 3.05) is 26.7 Å². The number of benzene rings is 1. The van der Waals surface area contributed by atoms with E-state index in [9.17, 15) is 0 Å². The highest BCUT2D eigenvalue weighted by molar-refractivity contribution is 5.25. The van der Waals surface area contributed by atoms with Crippen molar-refractivity contribution in [3.8, 4) is 0 Å². The van der Waals surface area contributed by atoms with E-state index in [4.69, 9.17) is 10.5 Å². The molecule has 2 N–H and O–H groups in total. The first-order valence-electron chi connectivity index (χ1n) is 7.34. The van der Waals surface area contributed by atoms with Crippen molar-refractivity contribution in [2.24, 2.45) is 5.73 Å². The molecule has 1 fully saturated rings. The van der Waals surface area contributed by atoms with Gasteiger partial charge in [0, 0.05) is 26.2 Å². The van der Waals surface area contributed by atoms with E-state index in [2.05, 4.69) is 36.1 Å². The van der Waals surface area contributed by atoms with E-state index in [0.29, 0.717) is 18.7 Å². The summed E-state index contributed by atoms with van der Waals surface area (Å²) in [7, 11) is 1.81. The van der Waals surface area contributed by atoms with Crippen molar-refractivity contribution in [3.05, 3.63) is 35.4 Å². The number of rotatable bonds is 5. The zero-order valence-corrected chi connectivity index (χ0v) is 12.1. The van der Waals surface area contributed by atoms with E-state index in [1.165, 1.54) is 24.0 Å². The number of nitrogens with zero attached hydrogens (tertiary/aromatic N) is 1. The molecule has 0 spiro atoms. The van der Waals surface area contributed by atoms with Crippen molar-refractivity contribution >= 4 is 0 Å². The van der Waals surface area contributed by atoms with E-state index in [0.717, 1.165) is 19.5 Å². The van der Waals surface area contributed by atoms with Crippen molar-refractivity contribution in [1.29, 1.82) is 0 Å². The lowest BCUT2D eigenvalue weighted by atomic mass is 9.99. The summed E-state index contributed by atoms with van der Waals surface area (Å²) in [6, 6.07) is 9.22. The second kappa shape index (κ2) is 7.04. The molecule has 0 bridgehead atoms. The maximum Gasteiger partial charge on any atom is 0.0698 e. The molecule has 0 aromatic heterocycles. The lowest BCUT2D eigenvalue weighted by Gasteiger charge is -2.37. The molecule has 19 heavy (non-hydrogen) atoms. The van der Waals surface area contributed by atoms with Crippen molar-refractivity contribution < 1.29 is 4.74 Å². The number of methoxy groups -OCH3 is 1. The van der Waals surface area contributed by atoms with Crippen LogP contribution in [0.15, 0.2) is 24.3 Å². The van der Waals surface area contributed by atoms with Gasteiger partial charge in [-0.05, 0) is 36.9 Å². The van der Waals surface area contributed by atoms with Gasteiger partial charge in [-0.3, -0.25) is 4.90 Å². The van der Waals surface area contributed by atoms with Gasteiger partial charge in [0.15, 0.2) is 0 Å². The highest BCUT2D eigenvalue weighted by atomic mass is 16.5. The molecule has 0 saturated carbocycles. The van der Waals surface area contributed by atoms with Gasteiger partial charge in [0.2, 0.25) is 0 Å². The zero-order valence-electron chi connectivity index (χ0n) is 12.1. The fourth-order valence-corrected chi connectivity index (χ4v) is 2.91. The van der Waals surface area contributed by atoms with Gasteiger partial charge in [-0.25, -0.2) is 0 Å². The average Bonchev–Trinajstić information content (AvgIpc) is 2.49. The average molecular weight is 262 g/mol. The fraction of sp³-hybridized carbons (Fsp3) is 0.625. The Bertz CT molecular complexity index is 377. The summed E-state index contributed by atoms with van der Waals surface area (Å²) < 4.78 is 5.51. The molecule has 1 aliphatic rings. The van der Waals surface area contributed by atoms with Crippen LogP contribution in [-0.2, 0) is 11.2 Å². The van der Waals surface area contributed by atoms with Crippen LogP contribution in [0.4, 0.5) is 0 Å². The summed E-state index contributed by atoms with van der Waals surface area (Å²) >= 11 is 0. The Kier molecular flexibility index (Phi) is 5.37. The molecule has 106 valence electrons. The minimum atomic E-state index is 0.323. The van der Waals surface area contributed by atoms with E-state index >= 15 is 0 Å². The van der Waals surface area contributed by atoms with Gasteiger partial charge in [-0.15, -0.1) is 0 Å². The standard InChI is InChI=1S/C16H26N2O/c1-3-13-6-8-14(9-7-13)16(11-17)18-10-4-5-15(12-18)19-2/h6-9,15-16H,3-5,10-12,17H2,1-2H3. The van der Waals surface area contributed by atoms with E-state index in [-0.39, 0.29) is 0 Å². The third kappa shape index (κ3) is 3.56. The fourth-order valence-electron chi connectivity index (χ4n) is 2.91. The van der Waals surface area contributed by atoms with Crippen LogP contribution in [0.25, 0.3) is 0 Å². The van der Waals surface area contributed by atoms with Crippen LogP contribution >= 0.6 is 0 Å². The molecular formula is C16H26N2O. The number of aryl methyl sites for hydroxylation is 1. The molecule has 1 heterocycles. The largest absolute Gasteiger partial charge is 0.380 e. The Morgan fingerprint density at radius 3 is 2.68 bits per heavy atom. The molecule has 1 saturated heterocycles. The van der Waals surface area contributed by atoms with Crippen LogP contribution < -0.4 is 5.73 Å². The van der Waals surface area contributed by atoms with Crippen LogP contribution in [0, 0.1) is 0 Å². The Hall–Kier alpha value is -0.900. The zero-order chi connectivity index (χ0) is 13.7. The number of piperidine rings is 1. The minimum absolute atomic E-state index is 0.323. The molecule has 3 nitrogen and oxygen atoms in total. The molecule has 1 aliphatic heterocycles. The van der Waals surface area contributed by atoms with Crippen molar-refractivity contribution in [1.82, 2.24) is 4.90 Å². The highest BCUT2D eigenvalue weighted by Crippen LogP contribution is 2.25. The quantitative estimate of drug-likeness (QED) is 0.885. The SMILES string of the molecule is CCc1ccc(C(CN)N2CCCC(OC)C2)cc1. The lowest BCUT2D eigenvalue weighted by molar-refractivity contribution is 0.0155. The highest BCUT2D eigenvalue weighted by Gasteiger charge is 2.25. The van der Waals surface area contributed by atoms with Gasteiger partial charge in [-0.1, -0.05) is 31.2 Å². The van der Waals surface area contributed by atoms with E-state index in [1.54, 1.807) is 0 Å². The summed E-state index contributed by atoms with van der Waals surface area (Å²) in [6.45, 7) is 4.97. The predicted octanol–water partition coefficient (Wildman–Crippen LogP) is 2.36. The minimum Gasteiger partial charge on any atom is -0.380 e. The molecule has 0 amide bonds. The Morgan fingerprint density at radius 1 is 1.37 bits per heavy atom. The Morgan fingerprint density at radius 2 is 2.11 bits per heavy atom.